The Kier molecular flexibility index (Phi) is 2.79. The molecule has 0 saturated heterocycles. The van der Waals surface area contributed by atoms with Gasteiger partial charge in [0.05, 0.1) is 4.90 Å². The minimum atomic E-state index is -3.62. The van der Waals surface area contributed by atoms with Crippen molar-refractivity contribution in [1.29, 1.82) is 0 Å². The summed E-state index contributed by atoms with van der Waals surface area (Å²) >= 11 is 3.16. The zero-order valence-corrected chi connectivity index (χ0v) is 9.74. The Labute approximate surface area is 86.1 Å². The number of halogens is 1. The molecule has 2 N–H and O–H groups in total. The molecule has 0 heterocycles. The molecule has 1 rings (SSSR count). The van der Waals surface area contributed by atoms with Gasteiger partial charge in [-0.3, -0.25) is 0 Å². The summed E-state index contributed by atoms with van der Waals surface area (Å²) in [5, 5.41) is 5.02. The third kappa shape index (κ3) is 2.30. The highest BCUT2D eigenvalue weighted by Crippen LogP contribution is 2.24. The molecule has 0 fully saturated rings. The van der Waals surface area contributed by atoms with Crippen LogP contribution in [-0.4, -0.2) is 8.42 Å². The molecule has 0 aliphatic rings. The van der Waals surface area contributed by atoms with Crippen molar-refractivity contribution in [2.24, 2.45) is 5.14 Å². The molecule has 0 spiro atoms. The van der Waals surface area contributed by atoms with Crippen molar-refractivity contribution in [3.05, 3.63) is 27.7 Å². The lowest BCUT2D eigenvalue weighted by molar-refractivity contribution is 0.597. The van der Waals surface area contributed by atoms with E-state index in [0.717, 1.165) is 11.1 Å². The average Bonchev–Trinajstić information content (AvgIpc) is 1.94. The van der Waals surface area contributed by atoms with E-state index in [0.29, 0.717) is 4.47 Å². The lowest BCUT2D eigenvalue weighted by Crippen LogP contribution is -2.13. The molecular weight excluding hydrogens is 254 g/mol. The van der Waals surface area contributed by atoms with Crippen molar-refractivity contribution in [3.8, 4) is 0 Å². The molecular formula is C8H10BrNO2S. The molecule has 0 radical (unpaired) electrons. The lowest BCUT2D eigenvalue weighted by Gasteiger charge is -2.05. The average molecular weight is 264 g/mol. The Morgan fingerprint density at radius 3 is 2.15 bits per heavy atom. The smallest absolute Gasteiger partial charge is 0.225 e. The van der Waals surface area contributed by atoms with Gasteiger partial charge in [-0.1, -0.05) is 0 Å². The normalized spacial score (nSPS) is 11.7. The predicted octanol–water partition coefficient (Wildman–Crippen LogP) is 1.71. The number of aryl methyl sites for hydroxylation is 2. The first-order valence-electron chi connectivity index (χ1n) is 3.62. The highest BCUT2D eigenvalue weighted by Gasteiger charge is 2.13. The van der Waals surface area contributed by atoms with Gasteiger partial charge in [0.25, 0.3) is 0 Å². The summed E-state index contributed by atoms with van der Waals surface area (Å²) in [5.41, 5.74) is 1.94. The molecule has 72 valence electrons. The van der Waals surface area contributed by atoms with Gasteiger partial charge in [-0.2, -0.15) is 0 Å². The molecule has 1 aromatic carbocycles. The van der Waals surface area contributed by atoms with Crippen LogP contribution in [0.15, 0.2) is 21.5 Å². The third-order valence-corrected chi connectivity index (χ3v) is 3.72. The molecule has 0 bridgehead atoms. The molecule has 0 atom stereocenters. The highest BCUT2D eigenvalue weighted by atomic mass is 79.9. The van der Waals surface area contributed by atoms with Crippen LogP contribution < -0.4 is 5.14 Å². The van der Waals surface area contributed by atoms with E-state index < -0.39 is 10.0 Å². The molecule has 0 aliphatic heterocycles. The summed E-state index contributed by atoms with van der Waals surface area (Å²) in [7, 11) is -3.62. The van der Waals surface area contributed by atoms with E-state index in [2.05, 4.69) is 15.9 Å². The highest BCUT2D eigenvalue weighted by molar-refractivity contribution is 9.10. The number of primary sulfonamides is 1. The second kappa shape index (κ2) is 3.40. The van der Waals surface area contributed by atoms with Crippen molar-refractivity contribution in [3.63, 3.8) is 0 Å². The van der Waals surface area contributed by atoms with Gasteiger partial charge >= 0.3 is 0 Å². The largest absolute Gasteiger partial charge is 0.239 e. The zero-order valence-electron chi connectivity index (χ0n) is 7.33. The van der Waals surface area contributed by atoms with E-state index in [1.807, 2.05) is 13.8 Å². The molecule has 0 amide bonds. The summed E-state index contributed by atoms with van der Waals surface area (Å²) < 4.78 is 22.6. The van der Waals surface area contributed by atoms with Crippen LogP contribution >= 0.6 is 15.9 Å². The monoisotopic (exact) mass is 263 g/mol. The number of benzene rings is 1. The zero-order chi connectivity index (χ0) is 10.2. The van der Waals surface area contributed by atoms with Crippen LogP contribution in [0.3, 0.4) is 0 Å². The standard InChI is InChI=1S/C8H10BrNO2S/c1-5-3-7(9)8(4-6(5)2)13(10,11)12/h3-4H,1-2H3,(H2,10,11,12). The van der Waals surface area contributed by atoms with E-state index >= 15 is 0 Å². The maximum absolute atomic E-state index is 11.1. The Hall–Kier alpha value is -0.390. The van der Waals surface area contributed by atoms with Crippen molar-refractivity contribution < 1.29 is 8.42 Å². The first-order valence-corrected chi connectivity index (χ1v) is 5.96. The van der Waals surface area contributed by atoms with Gasteiger partial charge in [0.1, 0.15) is 0 Å². The number of sulfonamides is 1. The van der Waals surface area contributed by atoms with Crippen LogP contribution in [0.4, 0.5) is 0 Å². The minimum Gasteiger partial charge on any atom is -0.225 e. The predicted molar refractivity (Wildman–Crippen MR) is 55.0 cm³/mol. The number of rotatable bonds is 1. The Morgan fingerprint density at radius 1 is 1.23 bits per heavy atom. The number of hydrogen-bond acceptors (Lipinski definition) is 2. The molecule has 0 saturated carbocycles. The Morgan fingerprint density at radius 2 is 1.69 bits per heavy atom. The van der Waals surface area contributed by atoms with Crippen LogP contribution in [0, 0.1) is 13.8 Å². The Bertz CT molecular complexity index is 440. The van der Waals surface area contributed by atoms with Crippen LogP contribution in [-0.2, 0) is 10.0 Å². The second-order valence-corrected chi connectivity index (χ2v) is 5.30. The van der Waals surface area contributed by atoms with Gasteiger partial charge < -0.3 is 0 Å². The fourth-order valence-corrected chi connectivity index (χ4v) is 2.78. The van der Waals surface area contributed by atoms with E-state index in [9.17, 15) is 8.42 Å². The topological polar surface area (TPSA) is 60.2 Å². The number of nitrogens with two attached hydrogens (primary N) is 1. The van der Waals surface area contributed by atoms with Crippen molar-refractivity contribution in [1.82, 2.24) is 0 Å². The molecule has 5 heteroatoms. The van der Waals surface area contributed by atoms with Gasteiger partial charge in [-0.05, 0) is 53.0 Å². The SMILES string of the molecule is Cc1cc(Br)c(S(N)(=O)=O)cc1C. The summed E-state index contributed by atoms with van der Waals surface area (Å²) in [6.07, 6.45) is 0. The summed E-state index contributed by atoms with van der Waals surface area (Å²) in [6.45, 7) is 3.75. The maximum atomic E-state index is 11.1. The first kappa shape index (κ1) is 10.7. The molecule has 3 nitrogen and oxygen atoms in total. The van der Waals surface area contributed by atoms with E-state index in [4.69, 9.17) is 5.14 Å². The van der Waals surface area contributed by atoms with E-state index in [1.165, 1.54) is 0 Å². The van der Waals surface area contributed by atoms with Gasteiger partial charge in [0.2, 0.25) is 10.0 Å². The van der Waals surface area contributed by atoms with Crippen molar-refractivity contribution >= 4 is 26.0 Å². The van der Waals surface area contributed by atoms with Crippen molar-refractivity contribution in [2.45, 2.75) is 18.7 Å². The van der Waals surface area contributed by atoms with Crippen LogP contribution in [0.2, 0.25) is 0 Å². The minimum absolute atomic E-state index is 0.135. The summed E-state index contributed by atoms with van der Waals surface area (Å²) in [5.74, 6) is 0. The van der Waals surface area contributed by atoms with Crippen LogP contribution in [0.1, 0.15) is 11.1 Å². The van der Waals surface area contributed by atoms with Gasteiger partial charge in [-0.25, -0.2) is 13.6 Å². The fourth-order valence-electron chi connectivity index (χ4n) is 0.973. The van der Waals surface area contributed by atoms with Gasteiger partial charge in [-0.15, -0.1) is 0 Å². The van der Waals surface area contributed by atoms with Gasteiger partial charge in [0, 0.05) is 4.47 Å². The molecule has 0 aromatic heterocycles. The summed E-state index contributed by atoms with van der Waals surface area (Å²) in [6, 6.07) is 3.31. The molecule has 13 heavy (non-hydrogen) atoms. The maximum Gasteiger partial charge on any atom is 0.239 e. The van der Waals surface area contributed by atoms with Crippen LogP contribution in [0.5, 0.6) is 0 Å². The quantitative estimate of drug-likeness (QED) is 0.839. The molecule has 0 unspecified atom stereocenters. The number of hydrogen-bond donors (Lipinski definition) is 1. The van der Waals surface area contributed by atoms with E-state index in [-0.39, 0.29) is 4.90 Å². The van der Waals surface area contributed by atoms with Crippen LogP contribution in [0.25, 0.3) is 0 Å². The molecule has 0 aliphatic carbocycles. The fraction of sp³-hybridized carbons (Fsp3) is 0.250. The van der Waals surface area contributed by atoms with E-state index in [1.54, 1.807) is 12.1 Å². The second-order valence-electron chi connectivity index (χ2n) is 2.91. The Balaban J connectivity index is 3.50. The third-order valence-electron chi connectivity index (χ3n) is 1.85. The van der Waals surface area contributed by atoms with Gasteiger partial charge in [0.15, 0.2) is 0 Å². The van der Waals surface area contributed by atoms with Crippen molar-refractivity contribution in [2.75, 3.05) is 0 Å². The summed E-state index contributed by atoms with van der Waals surface area (Å²) in [4.78, 5) is 0.135. The molecule has 1 aromatic rings. The lowest BCUT2D eigenvalue weighted by atomic mass is 10.1. The first-order chi connectivity index (χ1) is 5.82.